The molecule has 2 N–H and O–H groups in total. The molecule has 0 aliphatic heterocycles. The molecule has 0 radical (unpaired) electrons. The molecular weight excluding hydrogens is 287 g/mol. The van der Waals surface area contributed by atoms with Gasteiger partial charge in [-0.1, -0.05) is 6.92 Å². The molecule has 21 heavy (non-hydrogen) atoms. The number of carbonyl (C=O) groups is 1. The van der Waals surface area contributed by atoms with Crippen LogP contribution in [0.25, 0.3) is 0 Å². The molecule has 118 valence electrons. The lowest BCUT2D eigenvalue weighted by atomic mass is 10.2. The number of carbonyl (C=O) groups excluding carboxylic acids is 1. The van der Waals surface area contributed by atoms with E-state index < -0.39 is 12.8 Å². The number of amides is 1. The van der Waals surface area contributed by atoms with Crippen LogP contribution in [0.1, 0.15) is 23.7 Å². The molecule has 0 saturated heterocycles. The van der Waals surface area contributed by atoms with Crippen LogP contribution in [0.2, 0.25) is 0 Å². The third kappa shape index (κ3) is 7.50. The second kappa shape index (κ2) is 8.46. The van der Waals surface area contributed by atoms with Crippen molar-refractivity contribution in [1.82, 2.24) is 10.3 Å². The first kappa shape index (κ1) is 17.2. The predicted octanol–water partition coefficient (Wildman–Crippen LogP) is 2.21. The fourth-order valence-corrected chi connectivity index (χ4v) is 1.45. The van der Waals surface area contributed by atoms with Gasteiger partial charge in [0.05, 0.1) is 6.61 Å². The Hall–Kier alpha value is -1.83. The van der Waals surface area contributed by atoms with Gasteiger partial charge in [-0.15, -0.1) is 0 Å². The van der Waals surface area contributed by atoms with E-state index in [1.165, 1.54) is 12.3 Å². The van der Waals surface area contributed by atoms with Crippen molar-refractivity contribution >= 4 is 11.7 Å². The van der Waals surface area contributed by atoms with Gasteiger partial charge in [-0.05, 0) is 18.6 Å². The van der Waals surface area contributed by atoms with Crippen LogP contribution in [0.3, 0.4) is 0 Å². The van der Waals surface area contributed by atoms with E-state index in [0.717, 1.165) is 13.0 Å². The second-order valence-corrected chi connectivity index (χ2v) is 4.28. The first-order valence-electron chi connectivity index (χ1n) is 6.55. The standard InChI is InChI=1S/C13H18F3N3O2/c1-2-4-17-11-8-10(3-5-18-11)12(20)19-6-7-21-9-13(14,15)16/h3,5,8H,2,4,6-7,9H2,1H3,(H,17,18)(H,19,20). The quantitative estimate of drug-likeness (QED) is 0.723. The molecule has 0 fully saturated rings. The number of rotatable bonds is 8. The van der Waals surface area contributed by atoms with Gasteiger partial charge in [-0.3, -0.25) is 4.79 Å². The number of hydrogen-bond acceptors (Lipinski definition) is 4. The normalized spacial score (nSPS) is 11.2. The van der Waals surface area contributed by atoms with E-state index in [2.05, 4.69) is 20.4 Å². The van der Waals surface area contributed by atoms with Gasteiger partial charge < -0.3 is 15.4 Å². The number of ether oxygens (including phenoxy) is 1. The molecule has 8 heteroatoms. The summed E-state index contributed by atoms with van der Waals surface area (Å²) in [4.78, 5) is 15.8. The van der Waals surface area contributed by atoms with Gasteiger partial charge in [0, 0.05) is 24.8 Å². The predicted molar refractivity (Wildman–Crippen MR) is 72.2 cm³/mol. The summed E-state index contributed by atoms with van der Waals surface area (Å²) in [7, 11) is 0. The average Bonchev–Trinajstić information content (AvgIpc) is 2.43. The molecule has 0 atom stereocenters. The molecule has 5 nitrogen and oxygen atoms in total. The summed E-state index contributed by atoms with van der Waals surface area (Å²) in [5.74, 6) is 0.199. The molecule has 1 aromatic rings. The van der Waals surface area contributed by atoms with Gasteiger partial charge in [0.1, 0.15) is 12.4 Å². The summed E-state index contributed by atoms with van der Waals surface area (Å²) in [5, 5.41) is 5.52. The van der Waals surface area contributed by atoms with E-state index in [9.17, 15) is 18.0 Å². The number of halogens is 3. The molecular formula is C13H18F3N3O2. The number of nitrogens with one attached hydrogen (secondary N) is 2. The highest BCUT2D eigenvalue weighted by molar-refractivity contribution is 5.94. The highest BCUT2D eigenvalue weighted by Crippen LogP contribution is 2.14. The molecule has 0 spiro atoms. The minimum absolute atomic E-state index is 0.00889. The Morgan fingerprint density at radius 1 is 1.38 bits per heavy atom. The van der Waals surface area contributed by atoms with Crippen LogP contribution >= 0.6 is 0 Å². The fraction of sp³-hybridized carbons (Fsp3) is 0.538. The van der Waals surface area contributed by atoms with E-state index in [-0.39, 0.29) is 19.1 Å². The van der Waals surface area contributed by atoms with Crippen LogP contribution in [0.15, 0.2) is 18.3 Å². The van der Waals surface area contributed by atoms with E-state index in [0.29, 0.717) is 11.4 Å². The zero-order valence-corrected chi connectivity index (χ0v) is 11.7. The molecule has 1 amide bonds. The minimum Gasteiger partial charge on any atom is -0.370 e. The lowest BCUT2D eigenvalue weighted by Gasteiger charge is -2.09. The molecule has 0 aliphatic carbocycles. The number of anilines is 1. The van der Waals surface area contributed by atoms with Crippen LogP contribution < -0.4 is 10.6 Å². The first-order chi connectivity index (χ1) is 9.92. The van der Waals surface area contributed by atoms with E-state index in [1.54, 1.807) is 6.07 Å². The maximum Gasteiger partial charge on any atom is 0.411 e. The maximum absolute atomic E-state index is 11.8. The van der Waals surface area contributed by atoms with Gasteiger partial charge >= 0.3 is 6.18 Å². The van der Waals surface area contributed by atoms with Crippen molar-refractivity contribution in [2.24, 2.45) is 0 Å². The zero-order chi connectivity index (χ0) is 15.7. The number of nitrogens with zero attached hydrogens (tertiary/aromatic N) is 1. The van der Waals surface area contributed by atoms with Crippen LogP contribution in [0.5, 0.6) is 0 Å². The maximum atomic E-state index is 11.8. The van der Waals surface area contributed by atoms with E-state index in [4.69, 9.17) is 0 Å². The highest BCUT2D eigenvalue weighted by atomic mass is 19.4. The summed E-state index contributed by atoms with van der Waals surface area (Å²) in [6.07, 6.45) is -1.93. The van der Waals surface area contributed by atoms with Crippen LogP contribution in [0, 0.1) is 0 Å². The second-order valence-electron chi connectivity index (χ2n) is 4.28. The monoisotopic (exact) mass is 305 g/mol. The van der Waals surface area contributed by atoms with Crippen molar-refractivity contribution in [3.8, 4) is 0 Å². The van der Waals surface area contributed by atoms with Crippen LogP contribution in [-0.2, 0) is 4.74 Å². The Kier molecular flexibility index (Phi) is 6.93. The van der Waals surface area contributed by atoms with Crippen molar-refractivity contribution < 1.29 is 22.7 Å². The Balaban J connectivity index is 2.35. The summed E-state index contributed by atoms with van der Waals surface area (Å²) in [6, 6.07) is 3.12. The Morgan fingerprint density at radius 2 is 2.14 bits per heavy atom. The van der Waals surface area contributed by atoms with E-state index >= 15 is 0 Å². The number of alkyl halides is 3. The molecule has 0 aliphatic rings. The van der Waals surface area contributed by atoms with Gasteiger partial charge in [-0.2, -0.15) is 13.2 Å². The molecule has 1 heterocycles. The molecule has 0 bridgehead atoms. The van der Waals surface area contributed by atoms with Gasteiger partial charge in [0.15, 0.2) is 0 Å². The van der Waals surface area contributed by atoms with E-state index in [1.807, 2.05) is 6.92 Å². The smallest absolute Gasteiger partial charge is 0.370 e. The van der Waals surface area contributed by atoms with Crippen molar-refractivity contribution in [2.75, 3.05) is 31.6 Å². The summed E-state index contributed by atoms with van der Waals surface area (Å²) < 4.78 is 39.9. The molecule has 1 aromatic heterocycles. The van der Waals surface area contributed by atoms with Gasteiger partial charge in [0.25, 0.3) is 5.91 Å². The lowest BCUT2D eigenvalue weighted by Crippen LogP contribution is -2.29. The Morgan fingerprint density at radius 3 is 2.81 bits per heavy atom. The van der Waals surface area contributed by atoms with Crippen molar-refractivity contribution in [1.29, 1.82) is 0 Å². The third-order valence-corrected chi connectivity index (χ3v) is 2.38. The summed E-state index contributed by atoms with van der Waals surface area (Å²) >= 11 is 0. The number of pyridine rings is 1. The molecule has 0 saturated carbocycles. The zero-order valence-electron chi connectivity index (χ0n) is 11.7. The number of hydrogen-bond donors (Lipinski definition) is 2. The highest BCUT2D eigenvalue weighted by Gasteiger charge is 2.27. The SMILES string of the molecule is CCCNc1cc(C(=O)NCCOCC(F)(F)F)ccn1. The lowest BCUT2D eigenvalue weighted by molar-refractivity contribution is -0.173. The van der Waals surface area contributed by atoms with Crippen molar-refractivity contribution in [3.63, 3.8) is 0 Å². The Bertz CT molecular complexity index is 453. The average molecular weight is 305 g/mol. The van der Waals surface area contributed by atoms with Gasteiger partial charge in [-0.25, -0.2) is 4.98 Å². The molecule has 0 unspecified atom stereocenters. The third-order valence-electron chi connectivity index (χ3n) is 2.38. The molecule has 1 rings (SSSR count). The van der Waals surface area contributed by atoms with Gasteiger partial charge in [0.2, 0.25) is 0 Å². The number of aromatic nitrogens is 1. The van der Waals surface area contributed by atoms with Crippen LogP contribution in [0.4, 0.5) is 19.0 Å². The topological polar surface area (TPSA) is 63.2 Å². The van der Waals surface area contributed by atoms with Crippen molar-refractivity contribution in [3.05, 3.63) is 23.9 Å². The fourth-order valence-electron chi connectivity index (χ4n) is 1.45. The molecule has 0 aromatic carbocycles. The minimum atomic E-state index is -4.35. The summed E-state index contributed by atoms with van der Waals surface area (Å²) in [5.41, 5.74) is 0.388. The Labute approximate surface area is 120 Å². The summed E-state index contributed by atoms with van der Waals surface area (Å²) in [6.45, 7) is 1.24. The largest absolute Gasteiger partial charge is 0.411 e. The first-order valence-corrected chi connectivity index (χ1v) is 6.55. The van der Waals surface area contributed by atoms with Crippen LogP contribution in [-0.4, -0.2) is 43.4 Å². The van der Waals surface area contributed by atoms with Crippen molar-refractivity contribution in [2.45, 2.75) is 19.5 Å².